The van der Waals surface area contributed by atoms with E-state index in [0.29, 0.717) is 0 Å². The van der Waals surface area contributed by atoms with Crippen molar-refractivity contribution in [3.63, 3.8) is 0 Å². The van der Waals surface area contributed by atoms with Gasteiger partial charge in [0.25, 0.3) is 0 Å². The van der Waals surface area contributed by atoms with E-state index in [1.807, 2.05) is 0 Å². The van der Waals surface area contributed by atoms with Crippen molar-refractivity contribution in [2.45, 2.75) is 0 Å². The summed E-state index contributed by atoms with van der Waals surface area (Å²) in [5, 5.41) is 0. The van der Waals surface area contributed by atoms with Crippen molar-refractivity contribution in [3.8, 4) is 0 Å². The fourth-order valence-electron chi connectivity index (χ4n) is 6.85. The van der Waals surface area contributed by atoms with Crippen LogP contribution in [0, 0.1) is 0 Å². The van der Waals surface area contributed by atoms with Gasteiger partial charge in [-0.05, 0) is 0 Å². The summed E-state index contributed by atoms with van der Waals surface area (Å²) < 4.78 is 26.4. The van der Waals surface area contributed by atoms with E-state index in [4.69, 9.17) is 22.5 Å². The summed E-state index contributed by atoms with van der Waals surface area (Å²) in [6.45, 7) is 0. The van der Waals surface area contributed by atoms with Gasteiger partial charge in [0.15, 0.2) is 0 Å². The van der Waals surface area contributed by atoms with Gasteiger partial charge in [0.1, 0.15) is 0 Å². The predicted molar refractivity (Wildman–Crippen MR) is 186 cm³/mol. The first-order valence-corrected chi connectivity index (χ1v) is 22.0. The van der Waals surface area contributed by atoms with Gasteiger partial charge >= 0.3 is 247 Å². The molecule has 0 N–H and O–H groups in total. The Kier molecular flexibility index (Phi) is 11.2. The van der Waals surface area contributed by atoms with Crippen molar-refractivity contribution >= 4 is 59.2 Å². The Balaban J connectivity index is 5.23. The van der Waals surface area contributed by atoms with Gasteiger partial charge in [-0.1, -0.05) is 0 Å². The van der Waals surface area contributed by atoms with E-state index in [1.54, 1.807) is 0 Å². The topological polar surface area (TPSA) is 32.4 Å². The molecule has 0 saturated heterocycles. The van der Waals surface area contributed by atoms with Gasteiger partial charge in [-0.3, -0.25) is 0 Å². The van der Waals surface area contributed by atoms with Crippen LogP contribution in [0.2, 0.25) is 0 Å². The zero-order valence-corrected chi connectivity index (χ0v) is 33.1. The van der Waals surface area contributed by atoms with Crippen LogP contribution in [-0.4, -0.2) is 197 Å². The second kappa shape index (κ2) is 11.3. The Morgan fingerprint density at radius 1 is 0.342 bits per heavy atom. The van der Waals surface area contributed by atoms with Crippen LogP contribution in [0.15, 0.2) is 0 Å². The standard InChI is InChI=1S/C22H60Cl2N10P4/c1-25(2)35(26(3)4)21(37(23,29(9)10,30(11)12)31(13)14)36(27(5)6,28(7)8)22(35)38(24,32(15)16,33(17)18)34(19)20/h1-20H3. The molecule has 0 saturated carbocycles. The molecule has 0 unspecified atom stereocenters. The summed E-state index contributed by atoms with van der Waals surface area (Å²) in [6.07, 6.45) is -7.29. The first kappa shape index (κ1) is 37.7. The molecule has 1 rings (SSSR count). The molecule has 0 aliphatic carbocycles. The van der Waals surface area contributed by atoms with Crippen molar-refractivity contribution in [3.05, 3.63) is 0 Å². The monoisotopic (exact) mass is 658 g/mol. The van der Waals surface area contributed by atoms with Crippen LogP contribution >= 0.6 is 49.7 Å². The minimum absolute atomic E-state index is 1.40. The van der Waals surface area contributed by atoms with Crippen LogP contribution in [0.5, 0.6) is 0 Å². The van der Waals surface area contributed by atoms with Gasteiger partial charge in [0.2, 0.25) is 0 Å². The van der Waals surface area contributed by atoms with Gasteiger partial charge in [-0.15, -0.1) is 0 Å². The van der Waals surface area contributed by atoms with E-state index in [-0.39, 0.29) is 0 Å². The first-order chi connectivity index (χ1) is 16.8. The van der Waals surface area contributed by atoms with Crippen molar-refractivity contribution < 1.29 is 0 Å². The zero-order chi connectivity index (χ0) is 30.8. The molecule has 0 aromatic carbocycles. The molecule has 0 spiro atoms. The van der Waals surface area contributed by atoms with Crippen LogP contribution in [-0.2, 0) is 0 Å². The van der Waals surface area contributed by atoms with E-state index in [0.717, 1.165) is 0 Å². The number of hydrogen-bond donors (Lipinski definition) is 0. The summed E-state index contributed by atoms with van der Waals surface area (Å²) in [5.41, 5.74) is 0. The summed E-state index contributed by atoms with van der Waals surface area (Å²) in [6, 6.07) is 0. The third-order valence-corrected chi connectivity index (χ3v) is 44.1. The molecule has 1 aliphatic rings. The molecule has 0 aromatic heterocycles. The van der Waals surface area contributed by atoms with Crippen LogP contribution < -0.4 is 0 Å². The summed E-state index contributed by atoms with van der Waals surface area (Å²) in [5.74, 6) is 0. The molecule has 10 nitrogen and oxygen atoms in total. The van der Waals surface area contributed by atoms with Gasteiger partial charge in [-0.2, -0.15) is 0 Å². The van der Waals surface area contributed by atoms with E-state index >= 15 is 0 Å². The normalized spacial score (nSPS) is 21.1. The van der Waals surface area contributed by atoms with Crippen LogP contribution in [0.25, 0.3) is 0 Å². The van der Waals surface area contributed by atoms with Gasteiger partial charge < -0.3 is 0 Å². The van der Waals surface area contributed by atoms with Crippen molar-refractivity contribution in [2.24, 2.45) is 0 Å². The molecule has 0 atom stereocenters. The number of hydrogen-bond acceptors (Lipinski definition) is 10. The first-order valence-electron chi connectivity index (χ1n) is 12.6. The SMILES string of the molecule is CN(C)P1(N(C)C)=C(P(Cl)(N(C)C)(N(C)C)N(C)C)P(N(C)C)(N(C)C)=C1P(Cl)(N(C)C)(N(C)C)N(C)C. The summed E-state index contributed by atoms with van der Waals surface area (Å²) >= 11 is 17.0. The minimum atomic E-state index is -3.65. The number of halogens is 2. The van der Waals surface area contributed by atoms with Gasteiger partial charge in [0.05, 0.1) is 0 Å². The molecule has 16 heteroatoms. The van der Waals surface area contributed by atoms with Crippen LogP contribution in [0.4, 0.5) is 0 Å². The quantitative estimate of drug-likeness (QED) is 0.282. The predicted octanol–water partition coefficient (Wildman–Crippen LogP) is 4.39. The van der Waals surface area contributed by atoms with Crippen LogP contribution in [0.1, 0.15) is 0 Å². The fraction of sp³-hybridized carbons (Fsp3) is 0.909. The molecule has 0 bridgehead atoms. The Morgan fingerprint density at radius 3 is 0.553 bits per heavy atom. The van der Waals surface area contributed by atoms with Crippen molar-refractivity contribution in [1.82, 2.24) is 46.7 Å². The maximum absolute atomic E-state index is 8.49. The summed E-state index contributed by atoms with van der Waals surface area (Å²) in [7, 11) is 38.4. The Morgan fingerprint density at radius 2 is 0.474 bits per heavy atom. The van der Waals surface area contributed by atoms with E-state index < -0.39 is 27.2 Å². The van der Waals surface area contributed by atoms with E-state index in [1.165, 1.54) is 9.55 Å². The van der Waals surface area contributed by atoms with E-state index in [2.05, 4.69) is 188 Å². The molecule has 0 radical (unpaired) electrons. The Hall–Kier alpha value is 1.64. The van der Waals surface area contributed by atoms with E-state index in [9.17, 15) is 0 Å². The number of rotatable bonds is 12. The molecular formula is C22H60Cl2N10P4. The third-order valence-electron chi connectivity index (χ3n) is 8.37. The van der Waals surface area contributed by atoms with Gasteiger partial charge in [0, 0.05) is 0 Å². The molecule has 232 valence electrons. The zero-order valence-electron chi connectivity index (χ0n) is 28.0. The average Bonchev–Trinajstić information content (AvgIpc) is 2.70. The Labute approximate surface area is 246 Å². The summed E-state index contributed by atoms with van der Waals surface area (Å²) in [4.78, 5) is 0. The number of nitrogens with zero attached hydrogens (tertiary/aromatic N) is 10. The molecule has 0 aromatic rings. The molecular weight excluding hydrogens is 599 g/mol. The Bertz CT molecular complexity index is 852. The third kappa shape index (κ3) is 3.91. The van der Waals surface area contributed by atoms with Crippen molar-refractivity contribution in [1.29, 1.82) is 0 Å². The van der Waals surface area contributed by atoms with Gasteiger partial charge in [-0.25, -0.2) is 0 Å². The molecule has 38 heavy (non-hydrogen) atoms. The molecule has 0 fully saturated rings. The molecule has 0 amide bonds. The van der Waals surface area contributed by atoms with Crippen molar-refractivity contribution in [2.75, 3.05) is 141 Å². The van der Waals surface area contributed by atoms with Crippen LogP contribution in [0.3, 0.4) is 0 Å². The fourth-order valence-corrected chi connectivity index (χ4v) is 50.7. The average molecular weight is 660 g/mol. The molecule has 1 heterocycles. The maximum atomic E-state index is 8.49. The molecule has 1 aliphatic heterocycles. The second-order valence-corrected chi connectivity index (χ2v) is 34.5. The second-order valence-electron chi connectivity index (χ2n) is 12.0.